The molecule has 2 aromatic rings. The third-order valence-corrected chi connectivity index (χ3v) is 7.35. The van der Waals surface area contributed by atoms with Crippen LogP contribution in [0, 0.1) is 0 Å². The quantitative estimate of drug-likeness (QED) is 0.346. The van der Waals surface area contributed by atoms with E-state index in [1.165, 1.54) is 12.3 Å². The molecule has 1 fully saturated rings. The second-order valence-electron chi connectivity index (χ2n) is 8.81. The van der Waals surface area contributed by atoms with Gasteiger partial charge in [-0.3, -0.25) is 19.7 Å². The summed E-state index contributed by atoms with van der Waals surface area (Å²) in [6.07, 6.45) is -0.289. The Morgan fingerprint density at radius 2 is 1.67 bits per heavy atom. The van der Waals surface area contributed by atoms with Crippen LogP contribution in [0.3, 0.4) is 0 Å². The van der Waals surface area contributed by atoms with Gasteiger partial charge in [-0.1, -0.05) is 49.1 Å². The Morgan fingerprint density at radius 3 is 2.18 bits per heavy atom. The predicted octanol–water partition coefficient (Wildman–Crippen LogP) is 1.63. The summed E-state index contributed by atoms with van der Waals surface area (Å²) in [5.41, 5.74) is 1.15. The maximum Gasteiger partial charge on any atom is 0.322 e. The maximum atomic E-state index is 13.1. The van der Waals surface area contributed by atoms with Crippen molar-refractivity contribution >= 4 is 42.7 Å². The summed E-state index contributed by atoms with van der Waals surface area (Å²) in [7, 11) is 0.0595. The van der Waals surface area contributed by atoms with E-state index in [9.17, 15) is 19.2 Å². The molecule has 0 saturated carbocycles. The summed E-state index contributed by atoms with van der Waals surface area (Å²) < 4.78 is 5.17. The molecule has 1 saturated heterocycles. The van der Waals surface area contributed by atoms with Crippen molar-refractivity contribution in [3.63, 3.8) is 0 Å². The van der Waals surface area contributed by atoms with E-state index in [2.05, 4.69) is 40.9 Å². The predicted molar refractivity (Wildman–Crippen MR) is 127 cm³/mol. The van der Waals surface area contributed by atoms with Gasteiger partial charge in [-0.2, -0.15) is 0 Å². The first-order chi connectivity index (χ1) is 15.6. The number of carbonyl (C=O) groups is 4. The summed E-state index contributed by atoms with van der Waals surface area (Å²) >= 11 is 0. The van der Waals surface area contributed by atoms with Crippen molar-refractivity contribution in [1.82, 2.24) is 16.0 Å². The molecule has 0 aromatic heterocycles. The van der Waals surface area contributed by atoms with Gasteiger partial charge >= 0.3 is 6.03 Å². The van der Waals surface area contributed by atoms with Gasteiger partial charge < -0.3 is 20.7 Å². The SMILES string of the molecule is COc1ccc(C(NC(=O)CC2NC(=O)NC2=O)C(=O)Nc2ccc([Si](C)(C)C)cc2)cc1. The van der Waals surface area contributed by atoms with Crippen LogP contribution in [0.2, 0.25) is 19.6 Å². The molecule has 4 N–H and O–H groups in total. The third kappa shape index (κ3) is 6.19. The van der Waals surface area contributed by atoms with Gasteiger partial charge in [0.15, 0.2) is 0 Å². The molecule has 9 nitrogen and oxygen atoms in total. The summed E-state index contributed by atoms with van der Waals surface area (Å²) in [5.74, 6) is -0.962. The number of ether oxygens (including phenoxy) is 1. The molecule has 2 unspecified atom stereocenters. The minimum Gasteiger partial charge on any atom is -0.497 e. The molecule has 1 aliphatic rings. The zero-order valence-electron chi connectivity index (χ0n) is 19.0. The Morgan fingerprint density at radius 1 is 1.03 bits per heavy atom. The van der Waals surface area contributed by atoms with Gasteiger partial charge in [0.05, 0.1) is 21.6 Å². The van der Waals surface area contributed by atoms with Gasteiger partial charge in [-0.15, -0.1) is 0 Å². The lowest BCUT2D eigenvalue weighted by molar-refractivity contribution is -0.129. The number of rotatable bonds is 8. The molecular formula is C23H28N4O5Si. The van der Waals surface area contributed by atoms with E-state index >= 15 is 0 Å². The van der Waals surface area contributed by atoms with E-state index in [-0.39, 0.29) is 6.42 Å². The highest BCUT2D eigenvalue weighted by atomic mass is 28.3. The number of hydrogen-bond acceptors (Lipinski definition) is 5. The normalized spacial score (nSPS) is 16.4. The van der Waals surface area contributed by atoms with Gasteiger partial charge in [0.1, 0.15) is 17.8 Å². The van der Waals surface area contributed by atoms with E-state index in [1.54, 1.807) is 24.3 Å². The van der Waals surface area contributed by atoms with Crippen molar-refractivity contribution in [2.75, 3.05) is 12.4 Å². The number of benzene rings is 2. The summed E-state index contributed by atoms with van der Waals surface area (Å²) in [6, 6.07) is 11.8. The Hall–Kier alpha value is -3.66. The van der Waals surface area contributed by atoms with Gasteiger partial charge in [-0.25, -0.2) is 4.79 Å². The number of nitrogens with one attached hydrogen (secondary N) is 4. The lowest BCUT2D eigenvalue weighted by atomic mass is 10.0. The number of methoxy groups -OCH3 is 1. The second kappa shape index (κ2) is 9.86. The lowest BCUT2D eigenvalue weighted by Gasteiger charge is -2.21. The molecule has 1 heterocycles. The summed E-state index contributed by atoms with van der Waals surface area (Å²) in [5, 5.41) is 11.2. The van der Waals surface area contributed by atoms with E-state index < -0.39 is 43.9 Å². The molecular weight excluding hydrogens is 440 g/mol. The Kier molecular flexibility index (Phi) is 7.17. The second-order valence-corrected chi connectivity index (χ2v) is 13.9. The molecule has 2 aromatic carbocycles. The van der Waals surface area contributed by atoms with Crippen molar-refractivity contribution in [3.8, 4) is 5.75 Å². The minimum absolute atomic E-state index is 0.289. The molecule has 2 atom stereocenters. The van der Waals surface area contributed by atoms with Crippen LogP contribution in [-0.2, 0) is 14.4 Å². The average molecular weight is 469 g/mol. The molecule has 0 spiro atoms. The van der Waals surface area contributed by atoms with Gasteiger partial charge in [0, 0.05) is 5.69 Å². The molecule has 0 aliphatic carbocycles. The maximum absolute atomic E-state index is 13.1. The average Bonchev–Trinajstić information content (AvgIpc) is 3.08. The van der Waals surface area contributed by atoms with E-state index in [1.807, 2.05) is 24.3 Å². The zero-order chi connectivity index (χ0) is 24.2. The van der Waals surface area contributed by atoms with Gasteiger partial charge in [-0.05, 0) is 29.8 Å². The zero-order valence-corrected chi connectivity index (χ0v) is 20.0. The van der Waals surface area contributed by atoms with Gasteiger partial charge in [0.25, 0.3) is 11.8 Å². The molecule has 0 radical (unpaired) electrons. The highest BCUT2D eigenvalue weighted by Crippen LogP contribution is 2.20. The first kappa shape index (κ1) is 24.0. The molecule has 10 heteroatoms. The summed E-state index contributed by atoms with van der Waals surface area (Å²) in [4.78, 5) is 48.8. The molecule has 33 heavy (non-hydrogen) atoms. The fourth-order valence-corrected chi connectivity index (χ4v) is 4.54. The number of urea groups is 1. The van der Waals surface area contributed by atoms with Gasteiger partial charge in [0.2, 0.25) is 5.91 Å². The van der Waals surface area contributed by atoms with Crippen LogP contribution < -0.4 is 31.2 Å². The Balaban J connectivity index is 1.77. The number of imide groups is 1. The Labute approximate surface area is 193 Å². The molecule has 3 rings (SSSR count). The van der Waals surface area contributed by atoms with Crippen LogP contribution in [0.1, 0.15) is 18.0 Å². The number of hydrogen-bond donors (Lipinski definition) is 4. The topological polar surface area (TPSA) is 126 Å². The van der Waals surface area contributed by atoms with Crippen LogP contribution in [0.15, 0.2) is 48.5 Å². The van der Waals surface area contributed by atoms with Crippen LogP contribution in [-0.4, -0.2) is 45.0 Å². The molecule has 1 aliphatic heterocycles. The largest absolute Gasteiger partial charge is 0.497 e. The van der Waals surface area contributed by atoms with Crippen molar-refractivity contribution in [2.45, 2.75) is 38.1 Å². The number of carbonyl (C=O) groups excluding carboxylic acids is 4. The van der Waals surface area contributed by atoms with Crippen LogP contribution in [0.5, 0.6) is 5.75 Å². The molecule has 0 bridgehead atoms. The Bertz CT molecular complexity index is 1050. The van der Waals surface area contributed by atoms with Crippen LogP contribution in [0.4, 0.5) is 10.5 Å². The highest BCUT2D eigenvalue weighted by molar-refractivity contribution is 6.88. The smallest absolute Gasteiger partial charge is 0.322 e. The van der Waals surface area contributed by atoms with Crippen molar-refractivity contribution < 1.29 is 23.9 Å². The lowest BCUT2D eigenvalue weighted by Crippen LogP contribution is -2.41. The monoisotopic (exact) mass is 468 g/mol. The standard InChI is InChI=1S/C23H28N4O5Si/c1-32-16-9-5-14(6-10-16)20(26-19(28)13-18-21(29)27-23(31)25-18)22(30)24-15-7-11-17(12-8-15)33(2,3)4/h5-12,18,20H,13H2,1-4H3,(H,24,30)(H,26,28)(H2,25,27,29,31). The van der Waals surface area contributed by atoms with E-state index in [0.29, 0.717) is 17.0 Å². The number of anilines is 1. The van der Waals surface area contributed by atoms with Crippen LogP contribution >= 0.6 is 0 Å². The summed E-state index contributed by atoms with van der Waals surface area (Å²) in [6.45, 7) is 6.72. The van der Waals surface area contributed by atoms with Crippen molar-refractivity contribution in [1.29, 1.82) is 0 Å². The third-order valence-electron chi connectivity index (χ3n) is 5.28. The first-order valence-corrected chi connectivity index (χ1v) is 14.0. The van der Waals surface area contributed by atoms with E-state index in [0.717, 1.165) is 0 Å². The fraction of sp³-hybridized carbons (Fsp3) is 0.304. The highest BCUT2D eigenvalue weighted by Gasteiger charge is 2.32. The van der Waals surface area contributed by atoms with E-state index in [4.69, 9.17) is 4.74 Å². The van der Waals surface area contributed by atoms with Crippen molar-refractivity contribution in [3.05, 3.63) is 54.1 Å². The van der Waals surface area contributed by atoms with Crippen molar-refractivity contribution in [2.24, 2.45) is 0 Å². The molecule has 5 amide bonds. The first-order valence-electron chi connectivity index (χ1n) is 10.5. The fourth-order valence-electron chi connectivity index (χ4n) is 3.37. The van der Waals surface area contributed by atoms with Crippen LogP contribution in [0.25, 0.3) is 0 Å². The number of amides is 5. The molecule has 174 valence electrons. The minimum atomic E-state index is -1.47.